The van der Waals surface area contributed by atoms with Crippen LogP contribution in [0.25, 0.3) is 0 Å². The minimum absolute atomic E-state index is 1.13. The molecule has 0 aromatic rings. The molecule has 0 amide bonds. The molecule has 0 atom stereocenters. The van der Waals surface area contributed by atoms with Crippen LogP contribution in [0.15, 0.2) is 23.3 Å². The van der Waals surface area contributed by atoms with Gasteiger partial charge in [-0.1, -0.05) is 51.0 Å². The molecule has 0 fully saturated rings. The molecule has 0 heterocycles. The summed E-state index contributed by atoms with van der Waals surface area (Å²) >= 11 is 0. The third kappa shape index (κ3) is 23.3. The Morgan fingerprint density at radius 1 is 1.06 bits per heavy atom. The molecule has 0 saturated heterocycles. The van der Waals surface area contributed by atoms with Crippen LogP contribution in [0.5, 0.6) is 0 Å². The molecule has 98 valence electrons. The van der Waals surface area contributed by atoms with Crippen molar-refractivity contribution in [3.63, 3.8) is 0 Å². The van der Waals surface area contributed by atoms with Gasteiger partial charge in [0.15, 0.2) is 0 Å². The second kappa shape index (κ2) is 19.9. The van der Waals surface area contributed by atoms with E-state index in [4.69, 9.17) is 0 Å². The van der Waals surface area contributed by atoms with Crippen molar-refractivity contribution in [3.8, 4) is 0 Å². The lowest BCUT2D eigenvalue weighted by atomic mass is 10.1. The molecule has 1 heteroatoms. The summed E-state index contributed by atoms with van der Waals surface area (Å²) in [6.07, 6.45) is 6.72. The largest absolute Gasteiger partial charge is 0.320 e. The summed E-state index contributed by atoms with van der Waals surface area (Å²) < 4.78 is 0. The Morgan fingerprint density at radius 3 is 1.75 bits per heavy atom. The van der Waals surface area contributed by atoms with Crippen LogP contribution in [-0.2, 0) is 0 Å². The fourth-order valence-electron chi connectivity index (χ4n) is 0.711. The van der Waals surface area contributed by atoms with Gasteiger partial charge >= 0.3 is 0 Å². The van der Waals surface area contributed by atoms with Gasteiger partial charge in [0.2, 0.25) is 0 Å². The molecule has 0 spiro atoms. The number of hydrogen-bond donors (Lipinski definition) is 1. The number of nitrogens with one attached hydrogen (secondary N) is 1. The van der Waals surface area contributed by atoms with Gasteiger partial charge < -0.3 is 5.32 Å². The highest BCUT2D eigenvalue weighted by Crippen LogP contribution is 2.02. The van der Waals surface area contributed by atoms with Crippen molar-refractivity contribution in [2.24, 2.45) is 0 Å². The summed E-state index contributed by atoms with van der Waals surface area (Å²) in [4.78, 5) is 0. The molecule has 1 nitrogen and oxygen atoms in total. The SMILES string of the molecule is CC.CC/C=C\C(C)=C(C)C.CCCNC. The lowest BCUT2D eigenvalue weighted by molar-refractivity contribution is 0.772. The minimum atomic E-state index is 1.13. The predicted octanol–water partition coefficient (Wildman–Crippen LogP) is 4.95. The molecule has 0 rings (SSSR count). The molecule has 0 aliphatic heterocycles. The molecule has 0 aliphatic rings. The van der Waals surface area contributed by atoms with E-state index < -0.39 is 0 Å². The van der Waals surface area contributed by atoms with E-state index in [9.17, 15) is 0 Å². The molecule has 0 aromatic carbocycles. The van der Waals surface area contributed by atoms with Crippen molar-refractivity contribution in [1.29, 1.82) is 0 Å². The van der Waals surface area contributed by atoms with Gasteiger partial charge in [-0.15, -0.1) is 0 Å². The maximum atomic E-state index is 3.02. The van der Waals surface area contributed by atoms with Gasteiger partial charge in [-0.3, -0.25) is 0 Å². The second-order valence-electron chi connectivity index (χ2n) is 3.60. The van der Waals surface area contributed by atoms with Gasteiger partial charge in [0, 0.05) is 0 Å². The molecule has 0 unspecified atom stereocenters. The Hall–Kier alpha value is -0.560. The van der Waals surface area contributed by atoms with E-state index >= 15 is 0 Å². The highest BCUT2D eigenvalue weighted by molar-refractivity contribution is 5.20. The third-order valence-corrected chi connectivity index (χ3v) is 1.89. The second-order valence-corrected chi connectivity index (χ2v) is 3.60. The van der Waals surface area contributed by atoms with Crippen LogP contribution < -0.4 is 5.32 Å². The number of hydrogen-bond acceptors (Lipinski definition) is 1. The van der Waals surface area contributed by atoms with Crippen LogP contribution in [0.1, 0.15) is 61.3 Å². The highest BCUT2D eigenvalue weighted by atomic mass is 14.8. The first kappa shape index (κ1) is 20.8. The topological polar surface area (TPSA) is 12.0 Å². The van der Waals surface area contributed by atoms with E-state index in [1.165, 1.54) is 17.6 Å². The Bertz CT molecular complexity index is 160. The zero-order valence-electron chi connectivity index (χ0n) is 12.8. The van der Waals surface area contributed by atoms with Gasteiger partial charge in [-0.25, -0.2) is 0 Å². The molecular weight excluding hydrogens is 194 g/mol. The summed E-state index contributed by atoms with van der Waals surface area (Å²) in [6, 6.07) is 0. The molecule has 0 aromatic heterocycles. The Balaban J connectivity index is -0.000000205. The fraction of sp³-hybridized carbons (Fsp3) is 0.733. The Labute approximate surface area is 104 Å². The Morgan fingerprint density at radius 2 is 1.56 bits per heavy atom. The summed E-state index contributed by atoms with van der Waals surface area (Å²) in [5.74, 6) is 0. The lowest BCUT2D eigenvalue weighted by Crippen LogP contribution is -2.04. The standard InChI is InChI=1S/C9H16.C4H11N.C2H6/c1-5-6-7-9(4)8(2)3;1-3-4-5-2;1-2/h6-7H,5H2,1-4H3;5H,3-4H2,1-2H3;1-2H3/b7-6-;;. The van der Waals surface area contributed by atoms with Crippen LogP contribution in [0.3, 0.4) is 0 Å². The van der Waals surface area contributed by atoms with Gasteiger partial charge in [0.25, 0.3) is 0 Å². The zero-order chi connectivity index (χ0) is 13.4. The van der Waals surface area contributed by atoms with Crippen LogP contribution in [0.2, 0.25) is 0 Å². The average molecular weight is 227 g/mol. The van der Waals surface area contributed by atoms with Gasteiger partial charge in [0.05, 0.1) is 0 Å². The summed E-state index contributed by atoms with van der Waals surface area (Å²) in [7, 11) is 1.96. The summed E-state index contributed by atoms with van der Waals surface area (Å²) in [6.45, 7) is 15.8. The first-order valence-electron chi connectivity index (χ1n) is 6.55. The molecule has 0 saturated carbocycles. The minimum Gasteiger partial charge on any atom is -0.320 e. The summed E-state index contributed by atoms with van der Waals surface area (Å²) in [5.41, 5.74) is 2.79. The number of allylic oxidation sites excluding steroid dienone is 4. The van der Waals surface area contributed by atoms with Crippen molar-refractivity contribution in [2.45, 2.75) is 61.3 Å². The van der Waals surface area contributed by atoms with Crippen molar-refractivity contribution >= 4 is 0 Å². The van der Waals surface area contributed by atoms with Crippen molar-refractivity contribution in [3.05, 3.63) is 23.3 Å². The van der Waals surface area contributed by atoms with Crippen LogP contribution in [0.4, 0.5) is 0 Å². The van der Waals surface area contributed by atoms with Crippen LogP contribution in [-0.4, -0.2) is 13.6 Å². The lowest BCUT2D eigenvalue weighted by Gasteiger charge is -1.92. The molecule has 0 radical (unpaired) electrons. The summed E-state index contributed by atoms with van der Waals surface area (Å²) in [5, 5.41) is 3.02. The van der Waals surface area contributed by atoms with Crippen molar-refractivity contribution in [2.75, 3.05) is 13.6 Å². The van der Waals surface area contributed by atoms with E-state index in [2.05, 4.69) is 52.1 Å². The van der Waals surface area contributed by atoms with E-state index in [-0.39, 0.29) is 0 Å². The fourth-order valence-corrected chi connectivity index (χ4v) is 0.711. The van der Waals surface area contributed by atoms with Gasteiger partial charge in [-0.2, -0.15) is 0 Å². The molecular formula is C15H33N. The van der Waals surface area contributed by atoms with E-state index in [0.717, 1.165) is 13.0 Å². The Kier molecular flexibility index (Phi) is 25.9. The monoisotopic (exact) mass is 227 g/mol. The number of rotatable bonds is 4. The molecule has 0 aliphatic carbocycles. The van der Waals surface area contributed by atoms with E-state index in [1.54, 1.807) is 0 Å². The maximum absolute atomic E-state index is 3.02. The third-order valence-electron chi connectivity index (χ3n) is 1.89. The molecule has 1 N–H and O–H groups in total. The normalized spacial score (nSPS) is 8.75. The first-order chi connectivity index (χ1) is 7.59. The highest BCUT2D eigenvalue weighted by Gasteiger charge is 1.81. The first-order valence-corrected chi connectivity index (χ1v) is 6.55. The predicted molar refractivity (Wildman–Crippen MR) is 79.0 cm³/mol. The smallest absolute Gasteiger partial charge is 0.00546 e. The van der Waals surface area contributed by atoms with Crippen molar-refractivity contribution in [1.82, 2.24) is 5.32 Å². The average Bonchev–Trinajstić information content (AvgIpc) is 2.30. The zero-order valence-corrected chi connectivity index (χ0v) is 12.8. The maximum Gasteiger partial charge on any atom is -0.00546 e. The van der Waals surface area contributed by atoms with Crippen LogP contribution >= 0.6 is 0 Å². The van der Waals surface area contributed by atoms with Crippen molar-refractivity contribution < 1.29 is 0 Å². The van der Waals surface area contributed by atoms with Gasteiger partial charge in [-0.05, 0) is 47.2 Å². The van der Waals surface area contributed by atoms with Gasteiger partial charge in [0.1, 0.15) is 0 Å². The van der Waals surface area contributed by atoms with Crippen LogP contribution in [0, 0.1) is 0 Å². The van der Waals surface area contributed by atoms with E-state index in [0.29, 0.717) is 0 Å². The quantitative estimate of drug-likeness (QED) is 0.670. The molecule has 16 heavy (non-hydrogen) atoms. The molecule has 0 bridgehead atoms. The van der Waals surface area contributed by atoms with E-state index in [1.807, 2.05) is 20.9 Å².